The van der Waals surface area contributed by atoms with Crippen LogP contribution in [0.1, 0.15) is 50.2 Å². The second kappa shape index (κ2) is 8.13. The van der Waals surface area contributed by atoms with Crippen LogP contribution in [0.2, 0.25) is 0 Å². The first-order valence-corrected chi connectivity index (χ1v) is 10.1. The molecule has 1 saturated carbocycles. The zero-order valence-electron chi connectivity index (χ0n) is 14.6. The normalized spacial score (nSPS) is 24.8. The fraction of sp³-hybridized carbons (Fsp3) is 0.778. The Hall–Kier alpha value is -1.10. The summed E-state index contributed by atoms with van der Waals surface area (Å²) in [6.45, 7) is 8.51. The minimum absolute atomic E-state index is 0.834. The average molecular weight is 335 g/mol. The van der Waals surface area contributed by atoms with Gasteiger partial charge >= 0.3 is 0 Å². The number of rotatable bonds is 5. The predicted octanol–water partition coefficient (Wildman–Crippen LogP) is 3.34. The number of aliphatic imine (C=N–C) groups is 1. The first-order valence-electron chi connectivity index (χ1n) is 9.26. The van der Waals surface area contributed by atoms with Crippen LogP contribution in [-0.4, -0.2) is 42.0 Å². The molecule has 1 aromatic heterocycles. The summed E-state index contributed by atoms with van der Waals surface area (Å²) in [4.78, 5) is 12.0. The van der Waals surface area contributed by atoms with Crippen LogP contribution < -0.4 is 5.32 Å². The van der Waals surface area contributed by atoms with Crippen molar-refractivity contribution in [2.24, 2.45) is 16.8 Å². The second-order valence-electron chi connectivity index (χ2n) is 6.78. The van der Waals surface area contributed by atoms with Gasteiger partial charge in [-0.1, -0.05) is 19.8 Å². The van der Waals surface area contributed by atoms with E-state index in [0.717, 1.165) is 43.7 Å². The van der Waals surface area contributed by atoms with Crippen molar-refractivity contribution in [3.63, 3.8) is 0 Å². The van der Waals surface area contributed by atoms with Gasteiger partial charge in [0.25, 0.3) is 0 Å². The molecule has 4 nitrogen and oxygen atoms in total. The van der Waals surface area contributed by atoms with E-state index in [2.05, 4.69) is 34.4 Å². The number of fused-ring (bicyclic) bond motifs is 1. The molecule has 128 valence electrons. The molecule has 2 heterocycles. The summed E-state index contributed by atoms with van der Waals surface area (Å²) in [5.41, 5.74) is 1.20. The van der Waals surface area contributed by atoms with Crippen molar-refractivity contribution in [3.05, 3.63) is 16.1 Å². The Labute approximate surface area is 144 Å². The number of aryl methyl sites for hydroxylation is 1. The van der Waals surface area contributed by atoms with Gasteiger partial charge in [0, 0.05) is 38.0 Å². The van der Waals surface area contributed by atoms with Crippen LogP contribution in [0.3, 0.4) is 0 Å². The van der Waals surface area contributed by atoms with E-state index in [-0.39, 0.29) is 0 Å². The Kier molecular flexibility index (Phi) is 5.92. The Morgan fingerprint density at radius 1 is 1.30 bits per heavy atom. The van der Waals surface area contributed by atoms with Crippen molar-refractivity contribution in [2.75, 3.05) is 26.2 Å². The lowest BCUT2D eigenvalue weighted by Crippen LogP contribution is -2.40. The Balaban J connectivity index is 1.57. The maximum atomic E-state index is 4.88. The van der Waals surface area contributed by atoms with Crippen LogP contribution in [0.15, 0.2) is 10.4 Å². The smallest absolute Gasteiger partial charge is 0.193 e. The standard InChI is InChI=1S/C18H30N4S/c1-3-17-21-16(13-23-17)9-10-20-18(19-4-2)22-11-14-7-5-6-8-15(14)12-22/h13-15H,3-12H2,1-2H3,(H,19,20). The number of likely N-dealkylation sites (tertiary alicyclic amines) is 1. The molecule has 0 bridgehead atoms. The predicted molar refractivity (Wildman–Crippen MR) is 98.2 cm³/mol. The minimum Gasteiger partial charge on any atom is -0.357 e. The Morgan fingerprint density at radius 3 is 2.65 bits per heavy atom. The fourth-order valence-electron chi connectivity index (χ4n) is 3.91. The monoisotopic (exact) mass is 334 g/mol. The van der Waals surface area contributed by atoms with Gasteiger partial charge < -0.3 is 10.2 Å². The molecule has 2 aliphatic rings. The zero-order valence-corrected chi connectivity index (χ0v) is 15.4. The van der Waals surface area contributed by atoms with Gasteiger partial charge in [0.05, 0.1) is 10.7 Å². The first-order chi connectivity index (χ1) is 11.3. The van der Waals surface area contributed by atoms with Crippen LogP contribution in [-0.2, 0) is 12.8 Å². The fourth-order valence-corrected chi connectivity index (χ4v) is 4.69. The Bertz CT molecular complexity index is 511. The lowest BCUT2D eigenvalue weighted by molar-refractivity contribution is 0.299. The molecule has 2 unspecified atom stereocenters. The number of hydrogen-bond donors (Lipinski definition) is 1. The summed E-state index contributed by atoms with van der Waals surface area (Å²) in [6, 6.07) is 0. The summed E-state index contributed by atoms with van der Waals surface area (Å²) in [5, 5.41) is 6.92. The molecule has 2 fully saturated rings. The van der Waals surface area contributed by atoms with Crippen molar-refractivity contribution in [1.29, 1.82) is 0 Å². The molecule has 2 atom stereocenters. The van der Waals surface area contributed by atoms with Gasteiger partial charge in [-0.25, -0.2) is 4.98 Å². The quantitative estimate of drug-likeness (QED) is 0.663. The third-order valence-electron chi connectivity index (χ3n) is 5.14. The highest BCUT2D eigenvalue weighted by molar-refractivity contribution is 7.09. The minimum atomic E-state index is 0.834. The van der Waals surface area contributed by atoms with E-state index in [1.165, 1.54) is 49.5 Å². The van der Waals surface area contributed by atoms with E-state index < -0.39 is 0 Å². The van der Waals surface area contributed by atoms with Gasteiger partial charge in [-0.15, -0.1) is 11.3 Å². The van der Waals surface area contributed by atoms with Gasteiger partial charge in [-0.3, -0.25) is 4.99 Å². The molecule has 23 heavy (non-hydrogen) atoms. The van der Waals surface area contributed by atoms with Crippen molar-refractivity contribution < 1.29 is 0 Å². The van der Waals surface area contributed by atoms with E-state index in [0.29, 0.717) is 0 Å². The van der Waals surface area contributed by atoms with Gasteiger partial charge in [0.15, 0.2) is 5.96 Å². The van der Waals surface area contributed by atoms with E-state index >= 15 is 0 Å². The first kappa shape index (κ1) is 16.7. The maximum Gasteiger partial charge on any atom is 0.193 e. The lowest BCUT2D eigenvalue weighted by Gasteiger charge is -2.22. The summed E-state index contributed by atoms with van der Waals surface area (Å²) in [5.74, 6) is 2.92. The van der Waals surface area contributed by atoms with E-state index in [9.17, 15) is 0 Å². The molecular weight excluding hydrogens is 304 g/mol. The molecule has 1 N–H and O–H groups in total. The number of nitrogens with zero attached hydrogens (tertiary/aromatic N) is 3. The van der Waals surface area contributed by atoms with Crippen LogP contribution in [0, 0.1) is 11.8 Å². The van der Waals surface area contributed by atoms with E-state index in [1.807, 2.05) is 0 Å². The molecule has 1 aliphatic carbocycles. The largest absolute Gasteiger partial charge is 0.357 e. The van der Waals surface area contributed by atoms with E-state index in [4.69, 9.17) is 4.99 Å². The molecule has 1 aliphatic heterocycles. The topological polar surface area (TPSA) is 40.5 Å². The molecular formula is C18H30N4S. The SMILES string of the molecule is CCNC(=NCCc1csc(CC)n1)N1CC2CCCCC2C1. The van der Waals surface area contributed by atoms with E-state index in [1.54, 1.807) is 11.3 Å². The molecule has 1 aromatic rings. The van der Waals surface area contributed by atoms with Crippen LogP contribution in [0.25, 0.3) is 0 Å². The summed E-state index contributed by atoms with van der Waals surface area (Å²) >= 11 is 1.77. The van der Waals surface area contributed by atoms with Crippen molar-refractivity contribution >= 4 is 17.3 Å². The molecule has 5 heteroatoms. The highest BCUT2D eigenvalue weighted by Crippen LogP contribution is 2.35. The van der Waals surface area contributed by atoms with Crippen molar-refractivity contribution in [1.82, 2.24) is 15.2 Å². The van der Waals surface area contributed by atoms with Gasteiger partial charge in [-0.2, -0.15) is 0 Å². The van der Waals surface area contributed by atoms with Crippen molar-refractivity contribution in [2.45, 2.75) is 52.4 Å². The molecule has 1 saturated heterocycles. The van der Waals surface area contributed by atoms with Gasteiger partial charge in [0.1, 0.15) is 0 Å². The van der Waals surface area contributed by atoms with Gasteiger partial charge in [0.2, 0.25) is 0 Å². The third kappa shape index (κ3) is 4.25. The van der Waals surface area contributed by atoms with Crippen LogP contribution in [0.4, 0.5) is 0 Å². The summed E-state index contributed by atoms with van der Waals surface area (Å²) in [6.07, 6.45) is 7.66. The molecule has 0 radical (unpaired) electrons. The summed E-state index contributed by atoms with van der Waals surface area (Å²) in [7, 11) is 0. The number of guanidine groups is 1. The van der Waals surface area contributed by atoms with Crippen molar-refractivity contribution in [3.8, 4) is 0 Å². The van der Waals surface area contributed by atoms with Crippen LogP contribution in [0.5, 0.6) is 0 Å². The van der Waals surface area contributed by atoms with Crippen LogP contribution >= 0.6 is 11.3 Å². The molecule has 0 spiro atoms. The second-order valence-corrected chi connectivity index (χ2v) is 7.72. The highest BCUT2D eigenvalue weighted by atomic mass is 32.1. The number of aromatic nitrogens is 1. The zero-order chi connectivity index (χ0) is 16.1. The number of hydrogen-bond acceptors (Lipinski definition) is 3. The van der Waals surface area contributed by atoms with Gasteiger partial charge in [-0.05, 0) is 38.0 Å². The number of nitrogens with one attached hydrogen (secondary N) is 1. The average Bonchev–Trinajstić information content (AvgIpc) is 3.20. The molecule has 0 aromatic carbocycles. The molecule has 0 amide bonds. The summed E-state index contributed by atoms with van der Waals surface area (Å²) < 4.78 is 0. The lowest BCUT2D eigenvalue weighted by atomic mass is 9.82. The third-order valence-corrected chi connectivity index (χ3v) is 6.18. The Morgan fingerprint density at radius 2 is 2.04 bits per heavy atom. The highest BCUT2D eigenvalue weighted by Gasteiger charge is 2.35. The molecule has 3 rings (SSSR count). The maximum absolute atomic E-state index is 4.88. The number of thiazole rings is 1.